The van der Waals surface area contributed by atoms with E-state index in [1.165, 1.54) is 0 Å². The van der Waals surface area contributed by atoms with E-state index in [-0.39, 0.29) is 17.9 Å². The molecule has 33 heavy (non-hydrogen) atoms. The number of aromatic nitrogens is 2. The van der Waals surface area contributed by atoms with Crippen molar-refractivity contribution in [1.82, 2.24) is 15.0 Å². The number of rotatable bonds is 7. The average molecular weight is 489 g/mol. The Bertz CT molecular complexity index is 1110. The molecule has 9 heteroatoms. The lowest BCUT2D eigenvalue weighted by atomic mass is 9.96. The highest BCUT2D eigenvalue weighted by atomic mass is 35.5. The molecule has 1 fully saturated rings. The van der Waals surface area contributed by atoms with Crippen molar-refractivity contribution in [2.24, 2.45) is 5.92 Å². The average Bonchev–Trinajstić information content (AvgIpc) is 3.22. The second-order valence-corrected chi connectivity index (χ2v) is 9.21. The minimum atomic E-state index is -0.0398. The quantitative estimate of drug-likeness (QED) is 0.460. The predicted molar refractivity (Wildman–Crippen MR) is 129 cm³/mol. The molecule has 4 rings (SSSR count). The van der Waals surface area contributed by atoms with Crippen LogP contribution in [0.25, 0.3) is 11.4 Å². The zero-order valence-electron chi connectivity index (χ0n) is 18.6. The van der Waals surface area contributed by atoms with Crippen molar-refractivity contribution in [3.8, 4) is 17.1 Å². The van der Waals surface area contributed by atoms with E-state index in [4.69, 9.17) is 32.5 Å². The highest BCUT2D eigenvalue weighted by Crippen LogP contribution is 2.29. The molecule has 1 saturated heterocycles. The van der Waals surface area contributed by atoms with E-state index in [1.54, 1.807) is 18.2 Å². The summed E-state index contributed by atoms with van der Waals surface area (Å²) in [4.78, 5) is 19.4. The number of anilines is 1. The number of benzene rings is 2. The van der Waals surface area contributed by atoms with Crippen LogP contribution >= 0.6 is 23.2 Å². The minimum absolute atomic E-state index is 0.0359. The minimum Gasteiger partial charge on any atom is -0.491 e. The Labute approximate surface area is 203 Å². The van der Waals surface area contributed by atoms with Crippen LogP contribution in [-0.4, -0.2) is 40.1 Å². The van der Waals surface area contributed by atoms with Gasteiger partial charge in [0.1, 0.15) is 5.75 Å². The van der Waals surface area contributed by atoms with Crippen LogP contribution in [0, 0.1) is 5.92 Å². The fraction of sp³-hybridized carbons (Fsp3) is 0.375. The Hall–Kier alpha value is -2.61. The number of hydrogen-bond donors (Lipinski definition) is 1. The molecule has 0 atom stereocenters. The lowest BCUT2D eigenvalue weighted by Crippen LogP contribution is -2.37. The number of nitrogens with zero attached hydrogens (tertiary/aromatic N) is 3. The molecule has 174 valence electrons. The largest absolute Gasteiger partial charge is 0.491 e. The summed E-state index contributed by atoms with van der Waals surface area (Å²) in [6.07, 6.45) is 1.61. The number of hydrogen-bond acceptors (Lipinski definition) is 6. The monoisotopic (exact) mass is 488 g/mol. The van der Waals surface area contributed by atoms with Gasteiger partial charge in [-0.15, -0.1) is 0 Å². The Balaban J connectivity index is 1.29. The SMILES string of the molecule is CC(C)Oc1cccc(NC(=O)C2CCN(Cc3nc(-c4ccc(Cl)cc4Cl)no3)CC2)c1. The van der Waals surface area contributed by atoms with Gasteiger partial charge in [0.05, 0.1) is 17.7 Å². The van der Waals surface area contributed by atoms with E-state index in [1.807, 2.05) is 38.1 Å². The first-order valence-corrected chi connectivity index (χ1v) is 11.7. The predicted octanol–water partition coefficient (Wildman–Crippen LogP) is 5.68. The zero-order valence-corrected chi connectivity index (χ0v) is 20.1. The molecule has 0 bridgehead atoms. The molecule has 1 aliphatic heterocycles. The van der Waals surface area contributed by atoms with Crippen molar-refractivity contribution < 1.29 is 14.1 Å². The summed E-state index contributed by atoms with van der Waals surface area (Å²) in [7, 11) is 0. The van der Waals surface area contributed by atoms with Gasteiger partial charge in [0.2, 0.25) is 17.6 Å². The van der Waals surface area contributed by atoms with Crippen LogP contribution in [0.4, 0.5) is 5.69 Å². The molecular formula is C24H26Cl2N4O3. The molecule has 7 nitrogen and oxygen atoms in total. The van der Waals surface area contributed by atoms with E-state index in [2.05, 4.69) is 20.4 Å². The van der Waals surface area contributed by atoms with Crippen molar-refractivity contribution in [3.05, 3.63) is 58.4 Å². The van der Waals surface area contributed by atoms with E-state index in [0.29, 0.717) is 33.9 Å². The van der Waals surface area contributed by atoms with E-state index in [0.717, 1.165) is 37.4 Å². The molecule has 1 aromatic heterocycles. The van der Waals surface area contributed by atoms with Crippen molar-refractivity contribution in [2.75, 3.05) is 18.4 Å². The van der Waals surface area contributed by atoms with Crippen LogP contribution in [0.5, 0.6) is 5.75 Å². The first-order chi connectivity index (χ1) is 15.9. The molecule has 0 unspecified atom stereocenters. The highest BCUT2D eigenvalue weighted by Gasteiger charge is 2.26. The third-order valence-corrected chi connectivity index (χ3v) is 5.98. The Morgan fingerprint density at radius 1 is 1.21 bits per heavy atom. The summed E-state index contributed by atoms with van der Waals surface area (Å²) in [6, 6.07) is 12.7. The third-order valence-electron chi connectivity index (χ3n) is 5.43. The number of carbonyl (C=O) groups is 1. The number of carbonyl (C=O) groups excluding carboxylic acids is 1. The molecule has 0 spiro atoms. The van der Waals surface area contributed by atoms with E-state index < -0.39 is 0 Å². The summed E-state index contributed by atoms with van der Waals surface area (Å²) in [5.74, 6) is 1.69. The summed E-state index contributed by atoms with van der Waals surface area (Å²) < 4.78 is 11.1. The lowest BCUT2D eigenvalue weighted by Gasteiger charge is -2.30. The molecule has 0 aliphatic carbocycles. The topological polar surface area (TPSA) is 80.5 Å². The maximum Gasteiger partial charge on any atom is 0.241 e. The first kappa shape index (κ1) is 23.5. The van der Waals surface area contributed by atoms with Gasteiger partial charge in [-0.25, -0.2) is 0 Å². The first-order valence-electron chi connectivity index (χ1n) is 11.0. The van der Waals surface area contributed by atoms with Crippen LogP contribution in [0.2, 0.25) is 10.0 Å². The normalized spacial score (nSPS) is 15.1. The molecule has 1 amide bonds. The van der Waals surface area contributed by atoms with Crippen molar-refractivity contribution in [2.45, 2.75) is 39.3 Å². The van der Waals surface area contributed by atoms with Gasteiger partial charge in [-0.2, -0.15) is 4.98 Å². The van der Waals surface area contributed by atoms with Gasteiger partial charge in [0, 0.05) is 28.3 Å². The summed E-state index contributed by atoms with van der Waals surface area (Å²) in [5.41, 5.74) is 1.43. The number of likely N-dealkylation sites (tertiary alicyclic amines) is 1. The maximum atomic E-state index is 12.7. The summed E-state index contributed by atoms with van der Waals surface area (Å²) in [5, 5.41) is 8.09. The van der Waals surface area contributed by atoms with Gasteiger partial charge >= 0.3 is 0 Å². The smallest absolute Gasteiger partial charge is 0.241 e. The number of piperidine rings is 1. The molecule has 2 aromatic carbocycles. The van der Waals surface area contributed by atoms with Gasteiger partial charge in [-0.05, 0) is 70.1 Å². The maximum absolute atomic E-state index is 12.7. The van der Waals surface area contributed by atoms with Crippen molar-refractivity contribution in [3.63, 3.8) is 0 Å². The van der Waals surface area contributed by atoms with Gasteiger partial charge in [0.15, 0.2) is 0 Å². The number of amides is 1. The van der Waals surface area contributed by atoms with E-state index in [9.17, 15) is 4.79 Å². The van der Waals surface area contributed by atoms with Crippen LogP contribution < -0.4 is 10.1 Å². The fourth-order valence-corrected chi connectivity index (χ4v) is 4.30. The van der Waals surface area contributed by atoms with E-state index >= 15 is 0 Å². The lowest BCUT2D eigenvalue weighted by molar-refractivity contribution is -0.121. The van der Waals surface area contributed by atoms with Crippen LogP contribution in [0.15, 0.2) is 47.0 Å². The summed E-state index contributed by atoms with van der Waals surface area (Å²) in [6.45, 7) is 6.02. The van der Waals surface area contributed by atoms with Gasteiger partial charge in [-0.3, -0.25) is 9.69 Å². The molecule has 3 aromatic rings. The molecule has 0 radical (unpaired) electrons. The van der Waals surface area contributed by atoms with Gasteiger partial charge < -0.3 is 14.6 Å². The number of halogens is 2. The van der Waals surface area contributed by atoms with Crippen LogP contribution in [-0.2, 0) is 11.3 Å². The zero-order chi connectivity index (χ0) is 23.4. The number of ether oxygens (including phenoxy) is 1. The number of nitrogens with one attached hydrogen (secondary N) is 1. The standard InChI is InChI=1S/C24H26Cl2N4O3/c1-15(2)32-19-5-3-4-18(13-19)27-24(31)16-8-10-30(11-9-16)14-22-28-23(29-33-22)20-7-6-17(25)12-21(20)26/h3-7,12-13,15-16H,8-11,14H2,1-2H3,(H,27,31). The van der Waals surface area contributed by atoms with Crippen molar-refractivity contribution >= 4 is 34.8 Å². The molecule has 0 saturated carbocycles. The van der Waals surface area contributed by atoms with Crippen LogP contribution in [0.3, 0.4) is 0 Å². The second-order valence-electron chi connectivity index (χ2n) is 8.37. The summed E-state index contributed by atoms with van der Waals surface area (Å²) >= 11 is 12.2. The Morgan fingerprint density at radius 3 is 2.73 bits per heavy atom. The Kier molecular flexibility index (Phi) is 7.53. The Morgan fingerprint density at radius 2 is 2.00 bits per heavy atom. The molecule has 1 N–H and O–H groups in total. The third kappa shape index (κ3) is 6.25. The van der Waals surface area contributed by atoms with Gasteiger partial charge in [0.25, 0.3) is 0 Å². The highest BCUT2D eigenvalue weighted by molar-refractivity contribution is 6.36. The fourth-order valence-electron chi connectivity index (χ4n) is 3.81. The van der Waals surface area contributed by atoms with Gasteiger partial charge in [-0.1, -0.05) is 34.4 Å². The van der Waals surface area contributed by atoms with Crippen LogP contribution in [0.1, 0.15) is 32.6 Å². The molecule has 2 heterocycles. The molecule has 1 aliphatic rings. The molecular weight excluding hydrogens is 463 g/mol. The second kappa shape index (κ2) is 10.5. The van der Waals surface area contributed by atoms with Crippen molar-refractivity contribution in [1.29, 1.82) is 0 Å².